The minimum Gasteiger partial charge on any atom is -0.479 e. The summed E-state index contributed by atoms with van der Waals surface area (Å²) in [5, 5.41) is 0. The molecular formula is C12H15NO2. The quantitative estimate of drug-likeness (QED) is 0.648. The number of likely N-dealkylation sites (N-methyl/N-ethyl adjacent to an activating group) is 1. The molecule has 0 bridgehead atoms. The monoisotopic (exact) mass is 205 g/mol. The molecule has 0 aliphatic carbocycles. The maximum atomic E-state index is 11.7. The summed E-state index contributed by atoms with van der Waals surface area (Å²) in [6, 6.07) is 4.03. The molecule has 0 aromatic heterocycles. The summed E-state index contributed by atoms with van der Waals surface area (Å²) < 4.78 is 5.58. The van der Waals surface area contributed by atoms with Gasteiger partial charge < -0.3 is 9.64 Å². The number of hydrogen-bond acceptors (Lipinski definition) is 2. The molecule has 0 N–H and O–H groups in total. The molecule has 3 nitrogen and oxygen atoms in total. The highest BCUT2D eigenvalue weighted by Crippen LogP contribution is 2.36. The summed E-state index contributed by atoms with van der Waals surface area (Å²) in [4.78, 5) is 13.4. The fourth-order valence-electron chi connectivity index (χ4n) is 2.06. The van der Waals surface area contributed by atoms with Gasteiger partial charge in [0, 0.05) is 7.05 Å². The number of fused-ring (bicyclic) bond motifs is 1. The van der Waals surface area contributed by atoms with Crippen molar-refractivity contribution in [3.05, 3.63) is 23.3 Å². The van der Waals surface area contributed by atoms with Crippen LogP contribution in [0.4, 0.5) is 5.69 Å². The van der Waals surface area contributed by atoms with E-state index < -0.39 is 0 Å². The van der Waals surface area contributed by atoms with Crippen LogP contribution >= 0.6 is 0 Å². The number of anilines is 1. The third kappa shape index (κ3) is 1.48. The van der Waals surface area contributed by atoms with Crippen molar-refractivity contribution in [3.8, 4) is 5.75 Å². The number of ether oxygens (including phenoxy) is 1. The van der Waals surface area contributed by atoms with Gasteiger partial charge in [-0.3, -0.25) is 4.79 Å². The highest BCUT2D eigenvalue weighted by molar-refractivity contribution is 6.00. The smallest absolute Gasteiger partial charge is 0.267 e. The SMILES string of the molecule is Cc1cc(C)c2c(c1)OC(C)C(=O)N2C. The summed E-state index contributed by atoms with van der Waals surface area (Å²) >= 11 is 0. The molecule has 0 saturated heterocycles. The Hall–Kier alpha value is -1.51. The van der Waals surface area contributed by atoms with Crippen LogP contribution in [0.5, 0.6) is 5.75 Å². The molecular weight excluding hydrogens is 190 g/mol. The highest BCUT2D eigenvalue weighted by atomic mass is 16.5. The first-order valence-electron chi connectivity index (χ1n) is 5.06. The Labute approximate surface area is 89.7 Å². The molecule has 0 fully saturated rings. The van der Waals surface area contributed by atoms with Gasteiger partial charge in [0.1, 0.15) is 5.75 Å². The van der Waals surface area contributed by atoms with E-state index in [9.17, 15) is 4.79 Å². The van der Waals surface area contributed by atoms with Crippen molar-refractivity contribution in [2.24, 2.45) is 0 Å². The van der Waals surface area contributed by atoms with Crippen LogP contribution in [0.15, 0.2) is 12.1 Å². The zero-order valence-electron chi connectivity index (χ0n) is 9.50. The number of benzene rings is 1. The number of nitrogens with zero attached hydrogens (tertiary/aromatic N) is 1. The highest BCUT2D eigenvalue weighted by Gasteiger charge is 2.29. The van der Waals surface area contributed by atoms with E-state index in [0.29, 0.717) is 0 Å². The molecule has 1 amide bonds. The van der Waals surface area contributed by atoms with Crippen molar-refractivity contribution in [2.45, 2.75) is 26.9 Å². The van der Waals surface area contributed by atoms with E-state index in [4.69, 9.17) is 4.74 Å². The average molecular weight is 205 g/mol. The van der Waals surface area contributed by atoms with Crippen LogP contribution < -0.4 is 9.64 Å². The Balaban J connectivity index is 2.60. The van der Waals surface area contributed by atoms with Crippen LogP contribution in [0, 0.1) is 13.8 Å². The predicted molar refractivity (Wildman–Crippen MR) is 59.4 cm³/mol. The maximum absolute atomic E-state index is 11.7. The molecule has 80 valence electrons. The van der Waals surface area contributed by atoms with Crippen LogP contribution in [0.25, 0.3) is 0 Å². The molecule has 1 aliphatic rings. The van der Waals surface area contributed by atoms with Gasteiger partial charge in [-0.1, -0.05) is 6.07 Å². The summed E-state index contributed by atoms with van der Waals surface area (Å²) in [6.45, 7) is 5.80. The van der Waals surface area contributed by atoms with Gasteiger partial charge in [0.05, 0.1) is 5.69 Å². The number of amides is 1. The van der Waals surface area contributed by atoms with Gasteiger partial charge in [-0.15, -0.1) is 0 Å². The van der Waals surface area contributed by atoms with Gasteiger partial charge in [-0.25, -0.2) is 0 Å². The molecule has 1 atom stereocenters. The number of hydrogen-bond donors (Lipinski definition) is 0. The zero-order valence-corrected chi connectivity index (χ0v) is 9.50. The topological polar surface area (TPSA) is 29.5 Å². The van der Waals surface area contributed by atoms with E-state index in [2.05, 4.69) is 6.07 Å². The number of carbonyl (C=O) groups is 1. The van der Waals surface area contributed by atoms with E-state index in [1.54, 1.807) is 18.9 Å². The van der Waals surface area contributed by atoms with Crippen LogP contribution in [-0.2, 0) is 4.79 Å². The van der Waals surface area contributed by atoms with Gasteiger partial charge in [0.15, 0.2) is 6.10 Å². The molecule has 1 heterocycles. The number of rotatable bonds is 0. The Morgan fingerprint density at radius 2 is 2.00 bits per heavy atom. The number of aryl methyl sites for hydroxylation is 2. The molecule has 1 aromatic rings. The van der Waals surface area contributed by atoms with E-state index in [1.165, 1.54) is 0 Å². The van der Waals surface area contributed by atoms with Crippen molar-refractivity contribution in [3.63, 3.8) is 0 Å². The molecule has 0 spiro atoms. The first kappa shape index (κ1) is 10.0. The van der Waals surface area contributed by atoms with Crippen LogP contribution in [0.1, 0.15) is 18.1 Å². The van der Waals surface area contributed by atoms with E-state index in [1.807, 2.05) is 19.9 Å². The lowest BCUT2D eigenvalue weighted by Gasteiger charge is -2.31. The first-order chi connectivity index (χ1) is 7.00. The normalized spacial score (nSPS) is 19.9. The fraction of sp³-hybridized carbons (Fsp3) is 0.417. The molecule has 15 heavy (non-hydrogen) atoms. The minimum absolute atomic E-state index is 0.00875. The van der Waals surface area contributed by atoms with E-state index >= 15 is 0 Å². The summed E-state index contributed by atoms with van der Waals surface area (Å²) in [7, 11) is 1.79. The van der Waals surface area contributed by atoms with Gasteiger partial charge in [-0.2, -0.15) is 0 Å². The average Bonchev–Trinajstić information content (AvgIpc) is 2.13. The van der Waals surface area contributed by atoms with Crippen LogP contribution in [0.3, 0.4) is 0 Å². The largest absolute Gasteiger partial charge is 0.479 e. The lowest BCUT2D eigenvalue weighted by molar-refractivity contribution is -0.125. The lowest BCUT2D eigenvalue weighted by Crippen LogP contribution is -2.42. The third-order valence-corrected chi connectivity index (χ3v) is 2.73. The lowest BCUT2D eigenvalue weighted by atomic mass is 10.1. The molecule has 1 aromatic carbocycles. The van der Waals surface area contributed by atoms with Crippen LogP contribution in [-0.4, -0.2) is 19.1 Å². The fourth-order valence-corrected chi connectivity index (χ4v) is 2.06. The Morgan fingerprint density at radius 1 is 1.33 bits per heavy atom. The number of carbonyl (C=O) groups excluding carboxylic acids is 1. The Kier molecular flexibility index (Phi) is 2.18. The predicted octanol–water partition coefficient (Wildman–Crippen LogP) is 2.05. The van der Waals surface area contributed by atoms with Crippen molar-refractivity contribution < 1.29 is 9.53 Å². The molecule has 0 radical (unpaired) electrons. The molecule has 1 unspecified atom stereocenters. The minimum atomic E-state index is -0.385. The standard InChI is InChI=1S/C12H15NO2/c1-7-5-8(2)11-10(6-7)15-9(3)12(14)13(11)4/h5-6,9H,1-4H3. The van der Waals surface area contributed by atoms with E-state index in [-0.39, 0.29) is 12.0 Å². The van der Waals surface area contributed by atoms with Crippen molar-refractivity contribution in [1.29, 1.82) is 0 Å². The van der Waals surface area contributed by atoms with Gasteiger partial charge in [0.2, 0.25) is 0 Å². The zero-order chi connectivity index (χ0) is 11.2. The second-order valence-corrected chi connectivity index (χ2v) is 4.09. The molecule has 2 rings (SSSR count). The molecule has 0 saturated carbocycles. The van der Waals surface area contributed by atoms with Crippen molar-refractivity contribution >= 4 is 11.6 Å². The van der Waals surface area contributed by atoms with Crippen LogP contribution in [0.2, 0.25) is 0 Å². The molecule has 1 aliphatic heterocycles. The maximum Gasteiger partial charge on any atom is 0.267 e. The summed E-state index contributed by atoms with van der Waals surface area (Å²) in [5.74, 6) is 0.816. The Bertz CT molecular complexity index is 426. The Morgan fingerprint density at radius 3 is 2.67 bits per heavy atom. The van der Waals surface area contributed by atoms with Crippen molar-refractivity contribution in [2.75, 3.05) is 11.9 Å². The van der Waals surface area contributed by atoms with Gasteiger partial charge >= 0.3 is 0 Å². The summed E-state index contributed by atoms with van der Waals surface area (Å²) in [5.41, 5.74) is 3.12. The third-order valence-electron chi connectivity index (χ3n) is 2.73. The molecule has 3 heteroatoms. The van der Waals surface area contributed by atoms with Gasteiger partial charge in [0.25, 0.3) is 5.91 Å². The van der Waals surface area contributed by atoms with Crippen molar-refractivity contribution in [1.82, 2.24) is 0 Å². The second-order valence-electron chi connectivity index (χ2n) is 4.09. The summed E-state index contributed by atoms with van der Waals surface area (Å²) in [6.07, 6.45) is -0.385. The van der Waals surface area contributed by atoms with Gasteiger partial charge in [-0.05, 0) is 38.0 Å². The van der Waals surface area contributed by atoms with E-state index in [0.717, 1.165) is 22.6 Å². The first-order valence-corrected chi connectivity index (χ1v) is 5.06. The second kappa shape index (κ2) is 3.26.